The van der Waals surface area contributed by atoms with Crippen LogP contribution >= 0.6 is 0 Å². The number of amides is 3. The third-order valence-electron chi connectivity index (χ3n) is 4.37. The van der Waals surface area contributed by atoms with E-state index in [2.05, 4.69) is 25.8 Å². The smallest absolute Gasteiger partial charge is 0.324 e. The Balaban J connectivity index is 1.55. The van der Waals surface area contributed by atoms with Gasteiger partial charge in [-0.15, -0.1) is 0 Å². The molecule has 144 valence electrons. The van der Waals surface area contributed by atoms with Crippen molar-refractivity contribution in [1.82, 2.24) is 15.2 Å². The molecule has 0 saturated heterocycles. The van der Waals surface area contributed by atoms with Crippen LogP contribution in [0.1, 0.15) is 10.4 Å². The summed E-state index contributed by atoms with van der Waals surface area (Å²) in [4.78, 5) is 28.0. The zero-order valence-electron chi connectivity index (χ0n) is 15.1. The molecule has 0 aliphatic carbocycles. The number of urea groups is 1. The van der Waals surface area contributed by atoms with Crippen molar-refractivity contribution in [2.24, 2.45) is 5.73 Å². The Hall–Kier alpha value is -4.40. The number of aromatic nitrogens is 3. The number of nitrogen functional groups attached to an aromatic ring is 1. The number of carbonyl (C=O) groups is 2. The summed E-state index contributed by atoms with van der Waals surface area (Å²) in [6.45, 7) is 0. The largest absolute Gasteiger partial charge is 0.382 e. The molecular weight excluding hydrogens is 370 g/mol. The van der Waals surface area contributed by atoms with E-state index < -0.39 is 11.9 Å². The molecule has 4 rings (SSSR count). The average molecular weight is 387 g/mol. The highest BCUT2D eigenvalue weighted by molar-refractivity contribution is 6.06. The number of carbonyl (C=O) groups excluding carboxylic acids is 2. The molecule has 0 atom stereocenters. The van der Waals surface area contributed by atoms with E-state index >= 15 is 0 Å². The maximum Gasteiger partial charge on any atom is 0.324 e. The fourth-order valence-electron chi connectivity index (χ4n) is 2.97. The summed E-state index contributed by atoms with van der Waals surface area (Å²) < 4.78 is 0. The lowest BCUT2D eigenvalue weighted by molar-refractivity contribution is 0.100. The van der Waals surface area contributed by atoms with Gasteiger partial charge in [0.05, 0.1) is 16.8 Å². The van der Waals surface area contributed by atoms with Crippen molar-refractivity contribution in [3.8, 4) is 11.1 Å². The maximum absolute atomic E-state index is 12.3. The molecule has 0 radical (unpaired) electrons. The van der Waals surface area contributed by atoms with E-state index in [-0.39, 0.29) is 5.56 Å². The molecular formula is C20H17N7O2. The quantitative estimate of drug-likeness (QED) is 0.364. The highest BCUT2D eigenvalue weighted by atomic mass is 16.2. The zero-order valence-corrected chi connectivity index (χ0v) is 15.1. The number of anilines is 3. The fourth-order valence-corrected chi connectivity index (χ4v) is 2.97. The Morgan fingerprint density at radius 1 is 0.966 bits per heavy atom. The topological polar surface area (TPSA) is 152 Å². The van der Waals surface area contributed by atoms with Gasteiger partial charge in [-0.2, -0.15) is 5.10 Å². The summed E-state index contributed by atoms with van der Waals surface area (Å²) in [5.74, 6) is 0.133. The van der Waals surface area contributed by atoms with Crippen LogP contribution in [0.4, 0.5) is 22.1 Å². The number of aromatic amines is 1. The Bertz CT molecular complexity index is 1230. The standard InChI is InChI=1S/C20H17N7O2/c21-18-14-9-11(5-6-16(14)26-27-18)12-7-8-23-17(10-12)25-20(29)24-15-4-2-1-3-13(15)19(22)28/h1-10H,(H2,22,28)(H3,21,26,27)(H2,23,24,25,29). The molecule has 9 nitrogen and oxygen atoms in total. The van der Waals surface area contributed by atoms with Gasteiger partial charge >= 0.3 is 6.03 Å². The van der Waals surface area contributed by atoms with Gasteiger partial charge in [-0.05, 0) is 47.5 Å². The monoisotopic (exact) mass is 387 g/mol. The lowest BCUT2D eigenvalue weighted by atomic mass is 10.0. The number of nitrogens with one attached hydrogen (secondary N) is 3. The summed E-state index contributed by atoms with van der Waals surface area (Å²) in [6, 6.07) is 15.2. The number of primary amides is 1. The number of nitrogens with two attached hydrogens (primary N) is 2. The predicted molar refractivity (Wildman–Crippen MR) is 111 cm³/mol. The fraction of sp³-hybridized carbons (Fsp3) is 0. The molecule has 0 fully saturated rings. The number of nitrogens with zero attached hydrogens (tertiary/aromatic N) is 2. The SMILES string of the molecule is NC(=O)c1ccccc1NC(=O)Nc1cc(-c2ccc3[nH]nc(N)c3c2)ccn1. The number of benzene rings is 2. The minimum absolute atomic E-state index is 0.218. The second-order valence-corrected chi connectivity index (χ2v) is 6.29. The van der Waals surface area contributed by atoms with Gasteiger partial charge in [0.1, 0.15) is 5.82 Å². The molecule has 29 heavy (non-hydrogen) atoms. The molecule has 2 heterocycles. The van der Waals surface area contributed by atoms with Gasteiger partial charge in [0.2, 0.25) is 0 Å². The molecule has 3 amide bonds. The summed E-state index contributed by atoms with van der Waals surface area (Å²) in [5, 5.41) is 12.9. The number of hydrogen-bond donors (Lipinski definition) is 5. The van der Waals surface area contributed by atoms with E-state index in [0.29, 0.717) is 17.3 Å². The first-order valence-corrected chi connectivity index (χ1v) is 8.68. The van der Waals surface area contributed by atoms with Gasteiger partial charge in [-0.3, -0.25) is 15.2 Å². The van der Waals surface area contributed by atoms with E-state index in [1.807, 2.05) is 24.3 Å². The first-order valence-electron chi connectivity index (χ1n) is 8.68. The Kier molecular flexibility index (Phi) is 4.54. The zero-order chi connectivity index (χ0) is 20.4. The van der Waals surface area contributed by atoms with Crippen molar-refractivity contribution in [2.75, 3.05) is 16.4 Å². The number of fused-ring (bicyclic) bond motifs is 1. The number of H-pyrrole nitrogens is 1. The molecule has 0 aliphatic heterocycles. The van der Waals surface area contributed by atoms with Crippen molar-refractivity contribution in [2.45, 2.75) is 0 Å². The third kappa shape index (κ3) is 3.69. The summed E-state index contributed by atoms with van der Waals surface area (Å²) in [5.41, 5.74) is 14.3. The molecule has 9 heteroatoms. The van der Waals surface area contributed by atoms with Gasteiger partial charge in [0, 0.05) is 11.6 Å². The number of para-hydroxylation sites is 1. The van der Waals surface area contributed by atoms with Gasteiger partial charge in [0.15, 0.2) is 5.82 Å². The van der Waals surface area contributed by atoms with Crippen molar-refractivity contribution in [3.05, 3.63) is 66.4 Å². The van der Waals surface area contributed by atoms with Crippen LogP contribution < -0.4 is 22.1 Å². The Morgan fingerprint density at radius 3 is 2.59 bits per heavy atom. The molecule has 0 unspecified atom stereocenters. The van der Waals surface area contributed by atoms with E-state index in [1.54, 1.807) is 30.5 Å². The third-order valence-corrected chi connectivity index (χ3v) is 4.37. The number of rotatable bonds is 4. The van der Waals surface area contributed by atoms with Crippen LogP contribution in [-0.2, 0) is 0 Å². The second-order valence-electron chi connectivity index (χ2n) is 6.29. The van der Waals surface area contributed by atoms with Crippen LogP contribution in [0.2, 0.25) is 0 Å². The molecule has 2 aromatic heterocycles. The van der Waals surface area contributed by atoms with Crippen LogP contribution in [0.25, 0.3) is 22.0 Å². The lowest BCUT2D eigenvalue weighted by Gasteiger charge is -2.10. The highest BCUT2D eigenvalue weighted by Gasteiger charge is 2.11. The first kappa shape index (κ1) is 18.0. The predicted octanol–water partition coefficient (Wildman–Crippen LogP) is 2.95. The van der Waals surface area contributed by atoms with Crippen LogP contribution in [0.15, 0.2) is 60.8 Å². The van der Waals surface area contributed by atoms with E-state index in [0.717, 1.165) is 22.0 Å². The Morgan fingerprint density at radius 2 is 1.76 bits per heavy atom. The minimum Gasteiger partial charge on any atom is -0.382 e. The van der Waals surface area contributed by atoms with E-state index in [1.165, 1.54) is 6.07 Å². The Labute approximate surface area is 165 Å². The first-order chi connectivity index (χ1) is 14.0. The molecule has 4 aromatic rings. The van der Waals surface area contributed by atoms with Gasteiger partial charge in [0.25, 0.3) is 5.91 Å². The molecule has 0 aliphatic rings. The van der Waals surface area contributed by atoms with E-state index in [9.17, 15) is 9.59 Å². The summed E-state index contributed by atoms with van der Waals surface area (Å²) >= 11 is 0. The minimum atomic E-state index is -0.630. The van der Waals surface area contributed by atoms with Crippen LogP contribution in [0.3, 0.4) is 0 Å². The van der Waals surface area contributed by atoms with E-state index in [4.69, 9.17) is 11.5 Å². The van der Waals surface area contributed by atoms with Gasteiger partial charge < -0.3 is 16.8 Å². The van der Waals surface area contributed by atoms with Gasteiger partial charge in [-0.1, -0.05) is 18.2 Å². The van der Waals surface area contributed by atoms with Crippen molar-refractivity contribution in [1.29, 1.82) is 0 Å². The van der Waals surface area contributed by atoms with Crippen molar-refractivity contribution < 1.29 is 9.59 Å². The van der Waals surface area contributed by atoms with Crippen molar-refractivity contribution >= 4 is 40.2 Å². The molecule has 0 bridgehead atoms. The molecule has 0 spiro atoms. The average Bonchev–Trinajstić information content (AvgIpc) is 3.08. The van der Waals surface area contributed by atoms with Crippen LogP contribution in [0, 0.1) is 0 Å². The second kappa shape index (κ2) is 7.31. The van der Waals surface area contributed by atoms with Crippen molar-refractivity contribution in [3.63, 3.8) is 0 Å². The lowest BCUT2D eigenvalue weighted by Crippen LogP contribution is -2.22. The molecule has 7 N–H and O–H groups in total. The van der Waals surface area contributed by atoms with Gasteiger partial charge in [-0.25, -0.2) is 9.78 Å². The highest BCUT2D eigenvalue weighted by Crippen LogP contribution is 2.27. The molecule has 2 aromatic carbocycles. The summed E-state index contributed by atoms with van der Waals surface area (Å²) in [6.07, 6.45) is 1.59. The van der Waals surface area contributed by atoms with Crippen LogP contribution in [0.5, 0.6) is 0 Å². The normalized spacial score (nSPS) is 10.6. The maximum atomic E-state index is 12.3. The van der Waals surface area contributed by atoms with Crippen LogP contribution in [-0.4, -0.2) is 27.1 Å². The summed E-state index contributed by atoms with van der Waals surface area (Å²) in [7, 11) is 0. The number of hydrogen-bond acceptors (Lipinski definition) is 5. The number of pyridine rings is 1. The molecule has 0 saturated carbocycles.